The van der Waals surface area contributed by atoms with E-state index >= 15 is 0 Å². The Morgan fingerprint density at radius 3 is 3.00 bits per heavy atom. The molecule has 2 N–H and O–H groups in total. The molecule has 4 nitrogen and oxygen atoms in total. The number of carbonyl (C=O) groups excluding carboxylic acids is 1. The molecule has 1 heterocycles. The second-order valence-corrected chi connectivity index (χ2v) is 4.82. The van der Waals surface area contributed by atoms with Crippen molar-refractivity contribution in [3.05, 3.63) is 47.5 Å². The van der Waals surface area contributed by atoms with Gasteiger partial charge in [0.2, 0.25) is 0 Å². The second-order valence-electron chi connectivity index (χ2n) is 4.82. The molecule has 1 aliphatic heterocycles. The third-order valence-electron chi connectivity index (χ3n) is 3.09. The molecule has 1 unspecified atom stereocenters. The van der Waals surface area contributed by atoms with Gasteiger partial charge in [-0.2, -0.15) is 0 Å². The third kappa shape index (κ3) is 4.75. The van der Waals surface area contributed by atoms with Crippen LogP contribution in [0, 0.1) is 0 Å². The maximum absolute atomic E-state index is 11.7. The van der Waals surface area contributed by atoms with Crippen molar-refractivity contribution in [2.75, 3.05) is 13.1 Å². The first-order valence-corrected chi connectivity index (χ1v) is 6.57. The SMILES string of the molecule is CC1=CCNCC(NC(=O)OCc2ccccc2)C1. The standard InChI is InChI=1S/C15H20N2O2/c1-12-7-8-16-10-14(9-12)17-15(18)19-11-13-5-3-2-4-6-13/h2-7,14,16H,8-11H2,1H3,(H,17,18). The molecular weight excluding hydrogens is 240 g/mol. The zero-order valence-corrected chi connectivity index (χ0v) is 11.2. The molecule has 0 aromatic heterocycles. The van der Waals surface area contributed by atoms with Crippen molar-refractivity contribution in [2.45, 2.75) is 26.0 Å². The van der Waals surface area contributed by atoms with Gasteiger partial charge in [-0.1, -0.05) is 42.0 Å². The maximum Gasteiger partial charge on any atom is 0.407 e. The summed E-state index contributed by atoms with van der Waals surface area (Å²) < 4.78 is 5.21. The molecule has 0 radical (unpaired) electrons. The zero-order valence-electron chi connectivity index (χ0n) is 11.2. The molecule has 1 aliphatic rings. The van der Waals surface area contributed by atoms with Crippen molar-refractivity contribution in [3.8, 4) is 0 Å². The summed E-state index contributed by atoms with van der Waals surface area (Å²) in [5.41, 5.74) is 2.28. The van der Waals surface area contributed by atoms with Crippen molar-refractivity contribution in [3.63, 3.8) is 0 Å². The zero-order chi connectivity index (χ0) is 13.5. The number of hydrogen-bond donors (Lipinski definition) is 2. The van der Waals surface area contributed by atoms with Gasteiger partial charge in [-0.15, -0.1) is 0 Å². The number of alkyl carbamates (subject to hydrolysis) is 1. The van der Waals surface area contributed by atoms with Crippen LogP contribution in [-0.4, -0.2) is 25.2 Å². The molecule has 1 aromatic rings. The molecule has 0 spiro atoms. The average molecular weight is 260 g/mol. The smallest absolute Gasteiger partial charge is 0.407 e. The van der Waals surface area contributed by atoms with Gasteiger partial charge >= 0.3 is 6.09 Å². The summed E-state index contributed by atoms with van der Waals surface area (Å²) in [6, 6.07) is 9.78. The van der Waals surface area contributed by atoms with Gasteiger partial charge in [0.05, 0.1) is 0 Å². The van der Waals surface area contributed by atoms with Crippen LogP contribution in [0.15, 0.2) is 42.0 Å². The lowest BCUT2D eigenvalue weighted by Crippen LogP contribution is -2.41. The Morgan fingerprint density at radius 1 is 1.42 bits per heavy atom. The highest BCUT2D eigenvalue weighted by Crippen LogP contribution is 2.07. The fraction of sp³-hybridized carbons (Fsp3) is 0.400. The normalized spacial score (nSPS) is 19.2. The number of benzene rings is 1. The van der Waals surface area contributed by atoms with E-state index < -0.39 is 0 Å². The summed E-state index contributed by atoms with van der Waals surface area (Å²) in [4.78, 5) is 11.7. The number of nitrogens with one attached hydrogen (secondary N) is 2. The summed E-state index contributed by atoms with van der Waals surface area (Å²) in [6.07, 6.45) is 2.66. The van der Waals surface area contributed by atoms with Crippen LogP contribution in [0.3, 0.4) is 0 Å². The van der Waals surface area contributed by atoms with Gasteiger partial charge in [0, 0.05) is 19.1 Å². The predicted octanol–water partition coefficient (Wildman–Crippen LogP) is 2.22. The molecule has 0 fully saturated rings. The van der Waals surface area contributed by atoms with Gasteiger partial charge in [-0.25, -0.2) is 4.79 Å². The van der Waals surface area contributed by atoms with Crippen LogP contribution in [0.2, 0.25) is 0 Å². The van der Waals surface area contributed by atoms with Gasteiger partial charge in [0.1, 0.15) is 6.61 Å². The number of ether oxygens (including phenoxy) is 1. The molecule has 19 heavy (non-hydrogen) atoms. The Balaban J connectivity index is 1.76. The van der Waals surface area contributed by atoms with E-state index in [0.717, 1.165) is 25.1 Å². The maximum atomic E-state index is 11.7. The third-order valence-corrected chi connectivity index (χ3v) is 3.09. The number of amides is 1. The largest absolute Gasteiger partial charge is 0.445 e. The summed E-state index contributed by atoms with van der Waals surface area (Å²) in [6.45, 7) is 4.02. The Bertz CT molecular complexity index is 443. The molecule has 0 saturated carbocycles. The Morgan fingerprint density at radius 2 is 2.21 bits per heavy atom. The van der Waals surface area contributed by atoms with Crippen LogP contribution < -0.4 is 10.6 Å². The minimum absolute atomic E-state index is 0.0991. The van der Waals surface area contributed by atoms with Crippen LogP contribution in [0.25, 0.3) is 0 Å². The van der Waals surface area contributed by atoms with Crippen LogP contribution in [-0.2, 0) is 11.3 Å². The average Bonchev–Trinajstić information content (AvgIpc) is 2.62. The van der Waals surface area contributed by atoms with Crippen LogP contribution in [0.5, 0.6) is 0 Å². The first-order valence-electron chi connectivity index (χ1n) is 6.57. The van der Waals surface area contributed by atoms with E-state index in [1.54, 1.807) is 0 Å². The van der Waals surface area contributed by atoms with E-state index in [9.17, 15) is 4.79 Å². The molecule has 0 bridgehead atoms. The number of rotatable bonds is 3. The Labute approximate surface area is 113 Å². The second kappa shape index (κ2) is 6.95. The van der Waals surface area contributed by atoms with E-state index in [0.29, 0.717) is 6.61 Å². The minimum atomic E-state index is -0.356. The van der Waals surface area contributed by atoms with Gasteiger partial charge in [-0.05, 0) is 18.9 Å². The van der Waals surface area contributed by atoms with E-state index in [1.807, 2.05) is 30.3 Å². The summed E-state index contributed by atoms with van der Waals surface area (Å²) in [7, 11) is 0. The monoisotopic (exact) mass is 260 g/mol. The highest BCUT2D eigenvalue weighted by atomic mass is 16.5. The molecule has 0 saturated heterocycles. The Hall–Kier alpha value is -1.81. The highest BCUT2D eigenvalue weighted by molar-refractivity contribution is 5.67. The van der Waals surface area contributed by atoms with Crippen LogP contribution >= 0.6 is 0 Å². The molecule has 2 rings (SSSR count). The summed E-state index contributed by atoms with van der Waals surface area (Å²) in [5, 5.41) is 6.16. The van der Waals surface area contributed by atoms with Gasteiger partial charge in [0.15, 0.2) is 0 Å². The van der Waals surface area contributed by atoms with Crippen molar-refractivity contribution >= 4 is 6.09 Å². The van der Waals surface area contributed by atoms with Crippen LogP contribution in [0.1, 0.15) is 18.9 Å². The molecule has 1 atom stereocenters. The van der Waals surface area contributed by atoms with Crippen molar-refractivity contribution in [1.82, 2.24) is 10.6 Å². The number of hydrogen-bond acceptors (Lipinski definition) is 3. The summed E-state index contributed by atoms with van der Waals surface area (Å²) in [5.74, 6) is 0. The number of carbonyl (C=O) groups is 1. The van der Waals surface area contributed by atoms with Crippen LogP contribution in [0.4, 0.5) is 4.79 Å². The lowest BCUT2D eigenvalue weighted by atomic mass is 10.1. The lowest BCUT2D eigenvalue weighted by Gasteiger charge is -2.17. The van der Waals surface area contributed by atoms with Gasteiger partial charge < -0.3 is 15.4 Å². The molecular formula is C15H20N2O2. The molecule has 1 amide bonds. The van der Waals surface area contributed by atoms with Gasteiger partial charge in [-0.3, -0.25) is 0 Å². The van der Waals surface area contributed by atoms with Gasteiger partial charge in [0.25, 0.3) is 0 Å². The molecule has 0 aliphatic carbocycles. The highest BCUT2D eigenvalue weighted by Gasteiger charge is 2.15. The lowest BCUT2D eigenvalue weighted by molar-refractivity contribution is 0.135. The molecule has 102 valence electrons. The fourth-order valence-corrected chi connectivity index (χ4v) is 2.08. The minimum Gasteiger partial charge on any atom is -0.445 e. The molecule has 4 heteroatoms. The van der Waals surface area contributed by atoms with Crippen molar-refractivity contribution < 1.29 is 9.53 Å². The van der Waals surface area contributed by atoms with E-state index in [4.69, 9.17) is 4.74 Å². The first-order chi connectivity index (χ1) is 9.24. The van der Waals surface area contributed by atoms with E-state index in [1.165, 1.54) is 5.57 Å². The predicted molar refractivity (Wildman–Crippen MR) is 74.8 cm³/mol. The van der Waals surface area contributed by atoms with E-state index in [-0.39, 0.29) is 12.1 Å². The fourth-order valence-electron chi connectivity index (χ4n) is 2.08. The quantitative estimate of drug-likeness (QED) is 0.819. The van der Waals surface area contributed by atoms with E-state index in [2.05, 4.69) is 23.6 Å². The van der Waals surface area contributed by atoms with Crippen molar-refractivity contribution in [1.29, 1.82) is 0 Å². The first kappa shape index (κ1) is 13.6. The Kier molecular flexibility index (Phi) is 4.98. The summed E-state index contributed by atoms with van der Waals surface area (Å²) >= 11 is 0. The molecule has 1 aromatic carbocycles. The van der Waals surface area contributed by atoms with Crippen molar-refractivity contribution in [2.24, 2.45) is 0 Å². The topological polar surface area (TPSA) is 50.4 Å².